The van der Waals surface area contributed by atoms with Gasteiger partial charge in [0.2, 0.25) is 0 Å². The normalized spacial score (nSPS) is 38.1. The Hall–Kier alpha value is -1.01. The highest BCUT2D eigenvalue weighted by Gasteiger charge is 2.58. The zero-order valence-corrected chi connectivity index (χ0v) is 22.3. The lowest BCUT2D eigenvalue weighted by Crippen LogP contribution is -2.50. The maximum Gasteiger partial charge on any atom is 0.0634 e. The second-order valence-corrected chi connectivity index (χ2v) is 11.1. The first kappa shape index (κ1) is 33.0. The summed E-state index contributed by atoms with van der Waals surface area (Å²) in [5, 5.41) is 29.3. The van der Waals surface area contributed by atoms with E-state index in [1.165, 1.54) is 38.5 Å². The molecule has 0 heterocycles. The highest BCUT2D eigenvalue weighted by atomic mass is 16.3. The molecule has 3 saturated carbocycles. The van der Waals surface area contributed by atoms with Crippen LogP contribution in [0.5, 0.6) is 0 Å². The van der Waals surface area contributed by atoms with Gasteiger partial charge in [-0.15, -0.1) is 13.2 Å². The molecule has 0 saturated heterocycles. The van der Waals surface area contributed by atoms with Gasteiger partial charge >= 0.3 is 0 Å². The fraction of sp³-hybridized carbons (Fsp3) is 0.828. The Kier molecular flexibility index (Phi) is 14.1. The summed E-state index contributed by atoms with van der Waals surface area (Å²) in [5.74, 6) is 2.98. The first-order valence-corrected chi connectivity index (χ1v) is 12.9. The van der Waals surface area contributed by atoms with Crippen molar-refractivity contribution in [3.63, 3.8) is 0 Å². The number of hydrogen-bond donors (Lipinski definition) is 5. The molecule has 0 aliphatic heterocycles. The van der Waals surface area contributed by atoms with E-state index in [1.54, 1.807) is 12.5 Å². The van der Waals surface area contributed by atoms with Crippen molar-refractivity contribution in [2.45, 2.75) is 98.7 Å². The first-order chi connectivity index (χ1) is 15.5. The monoisotopic (exact) mass is 479 g/mol. The third kappa shape index (κ3) is 7.02. The van der Waals surface area contributed by atoms with E-state index in [1.807, 2.05) is 21.0 Å². The van der Waals surface area contributed by atoms with Crippen molar-refractivity contribution in [2.75, 3.05) is 20.6 Å². The van der Waals surface area contributed by atoms with Crippen molar-refractivity contribution in [1.29, 1.82) is 5.41 Å². The number of nitrogens with one attached hydrogen (secondary N) is 2. The second kappa shape index (κ2) is 14.5. The van der Waals surface area contributed by atoms with E-state index < -0.39 is 0 Å². The van der Waals surface area contributed by atoms with Gasteiger partial charge in [0.05, 0.1) is 12.2 Å². The van der Waals surface area contributed by atoms with E-state index in [4.69, 9.17) is 16.2 Å². The largest absolute Gasteiger partial charge is 0.393 e. The minimum absolute atomic E-state index is 0. The summed E-state index contributed by atoms with van der Waals surface area (Å²) in [7, 11) is 3.75. The summed E-state index contributed by atoms with van der Waals surface area (Å²) in [6.07, 6.45) is 11.6. The molecule has 6 N–H and O–H groups in total. The van der Waals surface area contributed by atoms with Crippen LogP contribution in [0.4, 0.5) is 0 Å². The number of hydrogen-bond acceptors (Lipinski definition) is 5. The standard InChI is InChI=1S/C21H33NO.C3H9NO.C2H7N.C2H4.CH4/c1-13(22)17-6-7-18-16-5-4-14-12-15(23)8-10-20(14,2)19(16)9-11-21(17,18)3;1-3(5)2-4;1-3-2;1-2;/h4,15-19,22-23H,5-12H2,1-3H3;3,5H,2,4H2,1H3;3H,1-2H3;1-2H2;1H4. The van der Waals surface area contributed by atoms with Gasteiger partial charge in [0.15, 0.2) is 0 Å². The molecule has 8 atom stereocenters. The number of aliphatic hydroxyl groups excluding tert-OH is 2. The number of aliphatic hydroxyl groups is 2. The molecule has 0 amide bonds. The summed E-state index contributed by atoms with van der Waals surface area (Å²) >= 11 is 0. The lowest BCUT2D eigenvalue weighted by Gasteiger charge is -2.58. The van der Waals surface area contributed by atoms with Crippen LogP contribution in [0.15, 0.2) is 24.8 Å². The van der Waals surface area contributed by atoms with E-state index in [9.17, 15) is 5.11 Å². The fourth-order valence-electron chi connectivity index (χ4n) is 7.35. The van der Waals surface area contributed by atoms with Crippen LogP contribution in [0.1, 0.15) is 86.5 Å². The molecule has 8 unspecified atom stereocenters. The maximum atomic E-state index is 10.1. The molecule has 0 bridgehead atoms. The van der Waals surface area contributed by atoms with Gasteiger partial charge in [-0.2, -0.15) is 0 Å². The summed E-state index contributed by atoms with van der Waals surface area (Å²) in [5.41, 5.74) is 8.14. The van der Waals surface area contributed by atoms with Crippen molar-refractivity contribution in [1.82, 2.24) is 5.32 Å². The molecular weight excluding hydrogens is 422 g/mol. The van der Waals surface area contributed by atoms with Crippen molar-refractivity contribution < 1.29 is 10.2 Å². The minimum Gasteiger partial charge on any atom is -0.393 e. The lowest BCUT2D eigenvalue weighted by molar-refractivity contribution is -0.0424. The minimum atomic E-state index is -0.338. The van der Waals surface area contributed by atoms with Gasteiger partial charge in [-0.1, -0.05) is 32.9 Å². The number of nitrogens with two attached hydrogens (primary N) is 1. The van der Waals surface area contributed by atoms with E-state index in [-0.39, 0.29) is 19.6 Å². The molecule has 5 nitrogen and oxygen atoms in total. The van der Waals surface area contributed by atoms with Gasteiger partial charge in [-0.05, 0) is 108 Å². The number of fused-ring (bicyclic) bond motifs is 5. The van der Waals surface area contributed by atoms with Gasteiger partial charge in [0, 0.05) is 18.2 Å². The molecule has 200 valence electrons. The Bertz CT molecular complexity index is 649. The second-order valence-electron chi connectivity index (χ2n) is 11.1. The fourth-order valence-corrected chi connectivity index (χ4v) is 7.35. The van der Waals surface area contributed by atoms with Crippen LogP contribution in [-0.2, 0) is 0 Å². The van der Waals surface area contributed by atoms with Gasteiger partial charge in [0.25, 0.3) is 0 Å². The molecular formula is C29H57N3O2. The lowest BCUT2D eigenvalue weighted by atomic mass is 9.47. The SMILES string of the molecule is C.C=C.CC(=N)C1CCC2C3CC=C4CC(O)CCC4(C)C3CCC12C.CC(O)CN.CNC. The predicted molar refractivity (Wildman–Crippen MR) is 148 cm³/mol. The van der Waals surface area contributed by atoms with E-state index >= 15 is 0 Å². The van der Waals surface area contributed by atoms with Gasteiger partial charge < -0.3 is 26.7 Å². The Morgan fingerprint density at radius 3 is 2.24 bits per heavy atom. The van der Waals surface area contributed by atoms with Gasteiger partial charge in [0.1, 0.15) is 0 Å². The van der Waals surface area contributed by atoms with Crippen LogP contribution >= 0.6 is 0 Å². The van der Waals surface area contributed by atoms with Crippen LogP contribution in [0, 0.1) is 39.9 Å². The summed E-state index contributed by atoms with van der Waals surface area (Å²) in [6, 6.07) is 0. The highest BCUT2D eigenvalue weighted by molar-refractivity contribution is 5.82. The quantitative estimate of drug-likeness (QED) is 0.264. The van der Waals surface area contributed by atoms with Crippen molar-refractivity contribution in [2.24, 2.45) is 40.2 Å². The molecule has 0 aromatic rings. The first-order valence-electron chi connectivity index (χ1n) is 12.9. The molecule has 4 rings (SSSR count). The molecule has 4 aliphatic carbocycles. The molecule has 0 aromatic heterocycles. The topological polar surface area (TPSA) is 102 Å². The third-order valence-electron chi connectivity index (χ3n) is 8.94. The molecule has 0 spiro atoms. The maximum absolute atomic E-state index is 10.1. The van der Waals surface area contributed by atoms with Crippen LogP contribution in [0.3, 0.4) is 0 Å². The Morgan fingerprint density at radius 1 is 1.18 bits per heavy atom. The average Bonchev–Trinajstić information content (AvgIpc) is 3.14. The highest BCUT2D eigenvalue weighted by Crippen LogP contribution is 2.66. The van der Waals surface area contributed by atoms with Crippen LogP contribution in [0.25, 0.3) is 0 Å². The zero-order valence-electron chi connectivity index (χ0n) is 22.3. The van der Waals surface area contributed by atoms with Crippen molar-refractivity contribution >= 4 is 5.71 Å². The molecule has 0 radical (unpaired) electrons. The van der Waals surface area contributed by atoms with Crippen LogP contribution < -0.4 is 11.1 Å². The molecule has 0 aromatic carbocycles. The summed E-state index contributed by atoms with van der Waals surface area (Å²) in [4.78, 5) is 0. The summed E-state index contributed by atoms with van der Waals surface area (Å²) in [6.45, 7) is 15.0. The van der Waals surface area contributed by atoms with E-state index in [2.05, 4.69) is 38.4 Å². The summed E-state index contributed by atoms with van der Waals surface area (Å²) < 4.78 is 0. The molecule has 4 aliphatic rings. The molecule has 34 heavy (non-hydrogen) atoms. The molecule has 3 fully saturated rings. The van der Waals surface area contributed by atoms with E-state index in [0.717, 1.165) is 36.3 Å². The van der Waals surface area contributed by atoms with Crippen LogP contribution in [0.2, 0.25) is 0 Å². The average molecular weight is 480 g/mol. The van der Waals surface area contributed by atoms with Gasteiger partial charge in [-0.3, -0.25) is 0 Å². The third-order valence-corrected chi connectivity index (χ3v) is 8.94. The zero-order chi connectivity index (χ0) is 25.4. The number of rotatable bonds is 2. The van der Waals surface area contributed by atoms with Gasteiger partial charge in [-0.25, -0.2) is 0 Å². The Labute approximate surface area is 211 Å². The van der Waals surface area contributed by atoms with Crippen molar-refractivity contribution in [3.05, 3.63) is 24.8 Å². The van der Waals surface area contributed by atoms with Crippen molar-refractivity contribution in [3.8, 4) is 0 Å². The Balaban J connectivity index is 0.000000857. The molecule has 5 heteroatoms. The van der Waals surface area contributed by atoms with Crippen LogP contribution in [-0.4, -0.2) is 48.8 Å². The predicted octanol–water partition coefficient (Wildman–Crippen LogP) is 5.57. The number of allylic oxidation sites excluding steroid dienone is 1. The Morgan fingerprint density at radius 2 is 1.74 bits per heavy atom. The smallest absolute Gasteiger partial charge is 0.0634 e. The van der Waals surface area contributed by atoms with E-state index in [0.29, 0.717) is 23.3 Å².